The molecule has 1 fully saturated rings. The summed E-state index contributed by atoms with van der Waals surface area (Å²) in [4.78, 5) is 14.4. The van der Waals surface area contributed by atoms with E-state index in [9.17, 15) is 4.79 Å². The van der Waals surface area contributed by atoms with Crippen molar-refractivity contribution in [2.24, 2.45) is 5.92 Å². The molecule has 1 aromatic rings. The first-order valence-electron chi connectivity index (χ1n) is 7.37. The number of ether oxygens (including phenoxy) is 1. The smallest absolute Gasteiger partial charge is 0.225 e. The second kappa shape index (κ2) is 5.96. The van der Waals surface area contributed by atoms with Crippen molar-refractivity contribution in [1.29, 1.82) is 0 Å². The number of hydrogen-bond acceptors (Lipinski definition) is 2. The molecule has 0 bridgehead atoms. The van der Waals surface area contributed by atoms with Gasteiger partial charge in [-0.15, -0.1) is 0 Å². The Balaban J connectivity index is 2.06. The van der Waals surface area contributed by atoms with Gasteiger partial charge in [-0.05, 0) is 19.4 Å². The van der Waals surface area contributed by atoms with Gasteiger partial charge >= 0.3 is 0 Å². The largest absolute Gasteiger partial charge is 0.374 e. The Bertz CT molecular complexity index is 453. The molecule has 0 aliphatic carbocycles. The van der Waals surface area contributed by atoms with Gasteiger partial charge in [0.2, 0.25) is 5.91 Å². The zero-order valence-corrected chi connectivity index (χ0v) is 12.9. The fourth-order valence-electron chi connectivity index (χ4n) is 2.60. The molecule has 0 radical (unpaired) electrons. The highest BCUT2D eigenvalue weighted by Crippen LogP contribution is 2.25. The van der Waals surface area contributed by atoms with E-state index in [1.54, 1.807) is 0 Å². The predicted octanol–water partition coefficient (Wildman–Crippen LogP) is 2.89. The monoisotopic (exact) mass is 275 g/mol. The van der Waals surface area contributed by atoms with Crippen LogP contribution in [0.25, 0.3) is 0 Å². The van der Waals surface area contributed by atoms with E-state index in [1.807, 2.05) is 36.9 Å². The Kier molecular flexibility index (Phi) is 4.48. The number of amides is 1. The Morgan fingerprint density at radius 2 is 2.00 bits per heavy atom. The summed E-state index contributed by atoms with van der Waals surface area (Å²) >= 11 is 0. The lowest BCUT2D eigenvalue weighted by molar-refractivity contribution is -0.157. The third-order valence-corrected chi connectivity index (χ3v) is 3.86. The van der Waals surface area contributed by atoms with Gasteiger partial charge in [-0.1, -0.05) is 44.2 Å². The van der Waals surface area contributed by atoms with Gasteiger partial charge in [0, 0.05) is 18.9 Å². The van der Waals surface area contributed by atoms with Gasteiger partial charge in [0.05, 0.1) is 18.2 Å². The molecule has 110 valence electrons. The molecule has 1 unspecified atom stereocenters. The van der Waals surface area contributed by atoms with Gasteiger partial charge in [0.25, 0.3) is 0 Å². The zero-order chi connectivity index (χ0) is 14.8. The third kappa shape index (κ3) is 3.40. The molecule has 3 nitrogen and oxygen atoms in total. The van der Waals surface area contributed by atoms with E-state index < -0.39 is 0 Å². The summed E-state index contributed by atoms with van der Waals surface area (Å²) in [6, 6.07) is 10.3. The van der Waals surface area contributed by atoms with Gasteiger partial charge in [-0.25, -0.2) is 0 Å². The van der Waals surface area contributed by atoms with Crippen LogP contribution in [-0.2, 0) is 16.0 Å². The minimum Gasteiger partial charge on any atom is -0.374 e. The van der Waals surface area contributed by atoms with Crippen LogP contribution in [0, 0.1) is 5.92 Å². The lowest BCUT2D eigenvalue weighted by Crippen LogP contribution is -2.59. The van der Waals surface area contributed by atoms with Crippen molar-refractivity contribution in [3.05, 3.63) is 35.9 Å². The summed E-state index contributed by atoms with van der Waals surface area (Å²) in [5.74, 6) is 0.251. The second-order valence-corrected chi connectivity index (χ2v) is 6.54. The van der Waals surface area contributed by atoms with Crippen LogP contribution in [-0.4, -0.2) is 35.6 Å². The van der Waals surface area contributed by atoms with Crippen LogP contribution in [0.1, 0.15) is 33.3 Å². The molecule has 1 amide bonds. The number of morpholine rings is 1. The molecule has 1 aromatic carbocycles. The second-order valence-electron chi connectivity index (χ2n) is 6.54. The number of hydrogen-bond donors (Lipinski definition) is 0. The highest BCUT2D eigenvalue weighted by atomic mass is 16.5. The first-order valence-corrected chi connectivity index (χ1v) is 7.37. The summed E-state index contributed by atoms with van der Waals surface area (Å²) in [6.07, 6.45) is 0.951. The van der Waals surface area contributed by atoms with Crippen LogP contribution in [0.2, 0.25) is 0 Å². The van der Waals surface area contributed by atoms with Crippen molar-refractivity contribution in [1.82, 2.24) is 4.90 Å². The van der Waals surface area contributed by atoms with Crippen LogP contribution in [0.4, 0.5) is 0 Å². The number of carbonyl (C=O) groups is 1. The molecule has 20 heavy (non-hydrogen) atoms. The van der Waals surface area contributed by atoms with Crippen molar-refractivity contribution in [2.45, 2.75) is 45.8 Å². The maximum absolute atomic E-state index is 12.4. The standard InChI is InChI=1S/C17H25NO2/c1-13(2)16(19)18-11-15(20-12-17(18,3)4)10-14-8-6-5-7-9-14/h5-9,13,15H,10-12H2,1-4H3. The molecular formula is C17H25NO2. The van der Waals surface area contributed by atoms with E-state index in [4.69, 9.17) is 4.74 Å². The summed E-state index contributed by atoms with van der Waals surface area (Å²) in [7, 11) is 0. The Hall–Kier alpha value is -1.35. The molecule has 1 saturated heterocycles. The topological polar surface area (TPSA) is 29.5 Å². The van der Waals surface area contributed by atoms with Crippen molar-refractivity contribution >= 4 is 5.91 Å². The highest BCUT2D eigenvalue weighted by Gasteiger charge is 2.38. The Labute approximate surface area is 121 Å². The minimum absolute atomic E-state index is 0.0322. The predicted molar refractivity (Wildman–Crippen MR) is 80.5 cm³/mol. The van der Waals surface area contributed by atoms with E-state index in [2.05, 4.69) is 26.0 Å². The van der Waals surface area contributed by atoms with Gasteiger partial charge in [0.15, 0.2) is 0 Å². The molecular weight excluding hydrogens is 250 g/mol. The summed E-state index contributed by atoms with van der Waals surface area (Å²) in [5, 5.41) is 0. The fourth-order valence-corrected chi connectivity index (χ4v) is 2.60. The van der Waals surface area contributed by atoms with Crippen LogP contribution in [0.5, 0.6) is 0 Å². The summed E-state index contributed by atoms with van der Waals surface area (Å²) in [6.45, 7) is 9.35. The number of carbonyl (C=O) groups excluding carboxylic acids is 1. The van der Waals surface area contributed by atoms with Crippen molar-refractivity contribution in [3.63, 3.8) is 0 Å². The Morgan fingerprint density at radius 3 is 2.60 bits per heavy atom. The average Bonchev–Trinajstić information content (AvgIpc) is 2.41. The lowest BCUT2D eigenvalue weighted by atomic mass is 9.96. The van der Waals surface area contributed by atoms with Crippen LogP contribution in [0.3, 0.4) is 0 Å². The van der Waals surface area contributed by atoms with E-state index in [0.29, 0.717) is 13.2 Å². The number of benzene rings is 1. The molecule has 0 N–H and O–H groups in total. The Morgan fingerprint density at radius 1 is 1.35 bits per heavy atom. The van der Waals surface area contributed by atoms with Crippen molar-refractivity contribution in [3.8, 4) is 0 Å². The average molecular weight is 275 g/mol. The van der Waals surface area contributed by atoms with E-state index in [0.717, 1.165) is 6.42 Å². The quantitative estimate of drug-likeness (QED) is 0.849. The molecule has 1 atom stereocenters. The third-order valence-electron chi connectivity index (χ3n) is 3.86. The first-order chi connectivity index (χ1) is 9.40. The highest BCUT2D eigenvalue weighted by molar-refractivity contribution is 5.79. The minimum atomic E-state index is -0.214. The van der Waals surface area contributed by atoms with E-state index in [1.165, 1.54) is 5.56 Å². The molecule has 0 spiro atoms. The van der Waals surface area contributed by atoms with Gasteiger partial charge in [0.1, 0.15) is 0 Å². The van der Waals surface area contributed by atoms with Crippen molar-refractivity contribution < 1.29 is 9.53 Å². The molecule has 2 rings (SSSR count). The van der Waals surface area contributed by atoms with Gasteiger partial charge < -0.3 is 9.64 Å². The number of rotatable bonds is 3. The molecule has 1 aliphatic heterocycles. The SMILES string of the molecule is CC(C)C(=O)N1CC(Cc2ccccc2)OCC1(C)C. The zero-order valence-electron chi connectivity index (χ0n) is 12.9. The summed E-state index contributed by atoms with van der Waals surface area (Å²) in [5.41, 5.74) is 1.04. The van der Waals surface area contributed by atoms with Gasteiger partial charge in [-0.3, -0.25) is 4.79 Å². The lowest BCUT2D eigenvalue weighted by Gasteiger charge is -2.46. The molecule has 3 heteroatoms. The van der Waals surface area contributed by atoms with Crippen LogP contribution in [0.15, 0.2) is 30.3 Å². The molecule has 0 saturated carbocycles. The maximum atomic E-state index is 12.4. The molecule has 1 aliphatic rings. The van der Waals surface area contributed by atoms with Gasteiger partial charge in [-0.2, -0.15) is 0 Å². The normalized spacial score (nSPS) is 22.1. The maximum Gasteiger partial charge on any atom is 0.225 e. The van der Waals surface area contributed by atoms with Crippen LogP contribution < -0.4 is 0 Å². The molecule has 0 aromatic heterocycles. The summed E-state index contributed by atoms with van der Waals surface area (Å²) < 4.78 is 5.96. The van der Waals surface area contributed by atoms with E-state index >= 15 is 0 Å². The van der Waals surface area contributed by atoms with E-state index in [-0.39, 0.29) is 23.5 Å². The first kappa shape index (κ1) is 15.0. The fraction of sp³-hybridized carbons (Fsp3) is 0.588. The van der Waals surface area contributed by atoms with Crippen molar-refractivity contribution in [2.75, 3.05) is 13.2 Å². The molecule has 1 heterocycles. The van der Waals surface area contributed by atoms with Crippen LogP contribution >= 0.6 is 0 Å². The number of nitrogens with zero attached hydrogens (tertiary/aromatic N) is 1.